The summed E-state index contributed by atoms with van der Waals surface area (Å²) in [6, 6.07) is 2.59. The van der Waals surface area contributed by atoms with Gasteiger partial charge >= 0.3 is 12.0 Å². The average molecular weight is 363 g/mol. The molecule has 1 heterocycles. The van der Waals surface area contributed by atoms with Crippen LogP contribution >= 0.6 is 0 Å². The molecule has 1 fully saturated rings. The van der Waals surface area contributed by atoms with Crippen LogP contribution in [0.4, 0.5) is 4.79 Å². The van der Waals surface area contributed by atoms with Gasteiger partial charge in [-0.3, -0.25) is 10.1 Å². The Bertz CT molecular complexity index is 643. The van der Waals surface area contributed by atoms with Crippen molar-refractivity contribution in [2.24, 2.45) is 0 Å². The first-order valence-electron chi connectivity index (χ1n) is 8.91. The number of hydrogen-bond donors (Lipinski definition) is 2. The van der Waals surface area contributed by atoms with Gasteiger partial charge in [0.05, 0.1) is 6.61 Å². The zero-order valence-electron chi connectivity index (χ0n) is 15.1. The van der Waals surface area contributed by atoms with Crippen molar-refractivity contribution in [1.82, 2.24) is 15.6 Å². The summed E-state index contributed by atoms with van der Waals surface area (Å²) in [5.74, 6) is -1.28. The molecule has 3 amide bonds. The lowest BCUT2D eigenvalue weighted by Crippen LogP contribution is -2.48. The molecule has 1 aliphatic carbocycles. The molecule has 0 aliphatic heterocycles. The summed E-state index contributed by atoms with van der Waals surface area (Å²) in [4.78, 5) is 40.2. The van der Waals surface area contributed by atoms with Crippen LogP contribution in [-0.2, 0) is 9.53 Å². The number of imide groups is 1. The van der Waals surface area contributed by atoms with E-state index < -0.39 is 24.0 Å². The summed E-state index contributed by atoms with van der Waals surface area (Å²) >= 11 is 0. The molecule has 1 aliphatic rings. The van der Waals surface area contributed by atoms with Crippen molar-refractivity contribution in [3.63, 3.8) is 0 Å². The van der Waals surface area contributed by atoms with E-state index in [9.17, 15) is 14.4 Å². The van der Waals surface area contributed by atoms with Gasteiger partial charge in [-0.25, -0.2) is 14.6 Å². The van der Waals surface area contributed by atoms with E-state index in [0.29, 0.717) is 6.61 Å². The lowest BCUT2D eigenvalue weighted by Gasteiger charge is -2.23. The smallest absolute Gasteiger partial charge is 0.344 e. The first-order chi connectivity index (χ1) is 12.5. The first kappa shape index (κ1) is 19.7. The maximum Gasteiger partial charge on any atom is 0.344 e. The molecule has 142 valence electrons. The Kier molecular flexibility index (Phi) is 7.37. The van der Waals surface area contributed by atoms with Crippen molar-refractivity contribution >= 4 is 17.9 Å². The summed E-state index contributed by atoms with van der Waals surface area (Å²) in [5, 5.41) is 4.98. The van der Waals surface area contributed by atoms with Crippen molar-refractivity contribution in [3.05, 3.63) is 23.9 Å². The van der Waals surface area contributed by atoms with Gasteiger partial charge in [0.1, 0.15) is 5.56 Å². The number of amides is 3. The predicted molar refractivity (Wildman–Crippen MR) is 93.8 cm³/mol. The third-order valence-electron chi connectivity index (χ3n) is 4.10. The lowest BCUT2D eigenvalue weighted by atomic mass is 9.96. The van der Waals surface area contributed by atoms with Crippen LogP contribution in [-0.4, -0.2) is 41.6 Å². The number of nitrogens with one attached hydrogen (secondary N) is 2. The van der Waals surface area contributed by atoms with Crippen molar-refractivity contribution in [2.75, 3.05) is 6.61 Å². The topological polar surface area (TPSA) is 107 Å². The molecule has 0 unspecified atom stereocenters. The number of urea groups is 1. The van der Waals surface area contributed by atoms with E-state index in [-0.39, 0.29) is 17.5 Å². The normalized spacial score (nSPS) is 15.6. The largest absolute Gasteiger partial charge is 0.477 e. The molecule has 8 nitrogen and oxygen atoms in total. The Labute approximate surface area is 152 Å². The molecule has 26 heavy (non-hydrogen) atoms. The predicted octanol–water partition coefficient (Wildman–Crippen LogP) is 2.18. The van der Waals surface area contributed by atoms with Crippen molar-refractivity contribution in [1.29, 1.82) is 0 Å². The van der Waals surface area contributed by atoms with Crippen LogP contribution in [0, 0.1) is 0 Å². The molecule has 0 spiro atoms. The standard InChI is InChI=1S/C18H25N3O5/c1-3-25-16-14(10-7-11-19-16)17(23)26-12(2)15(22)21-18(24)20-13-8-5-4-6-9-13/h7,10-13H,3-6,8-9H2,1-2H3,(H2,20,21,22,24)/t12-/m1/s1. The van der Waals surface area contributed by atoms with E-state index in [4.69, 9.17) is 9.47 Å². The van der Waals surface area contributed by atoms with Gasteiger partial charge < -0.3 is 14.8 Å². The van der Waals surface area contributed by atoms with Crippen molar-refractivity contribution < 1.29 is 23.9 Å². The summed E-state index contributed by atoms with van der Waals surface area (Å²) < 4.78 is 10.4. The molecule has 8 heteroatoms. The van der Waals surface area contributed by atoms with Gasteiger partial charge in [0.25, 0.3) is 5.91 Å². The second-order valence-electron chi connectivity index (χ2n) is 6.13. The number of nitrogens with zero attached hydrogens (tertiary/aromatic N) is 1. The molecule has 0 bridgehead atoms. The number of aromatic nitrogens is 1. The van der Waals surface area contributed by atoms with Crippen LogP contribution in [0.3, 0.4) is 0 Å². The highest BCUT2D eigenvalue weighted by Crippen LogP contribution is 2.17. The molecule has 0 aromatic carbocycles. The van der Waals surface area contributed by atoms with E-state index in [1.807, 2.05) is 0 Å². The molecular weight excluding hydrogens is 338 g/mol. The number of esters is 1. The quantitative estimate of drug-likeness (QED) is 0.750. The Hall–Kier alpha value is -2.64. The number of rotatable bonds is 6. The van der Waals surface area contributed by atoms with Crippen molar-refractivity contribution in [3.8, 4) is 5.88 Å². The fourth-order valence-electron chi connectivity index (χ4n) is 2.76. The van der Waals surface area contributed by atoms with Crippen molar-refractivity contribution in [2.45, 2.75) is 58.1 Å². The Morgan fingerprint density at radius 1 is 1.27 bits per heavy atom. The minimum Gasteiger partial charge on any atom is -0.477 e. The Morgan fingerprint density at radius 2 is 2.00 bits per heavy atom. The molecule has 1 saturated carbocycles. The summed E-state index contributed by atoms with van der Waals surface area (Å²) in [6.45, 7) is 3.51. The van der Waals surface area contributed by atoms with Gasteiger partial charge in [-0.1, -0.05) is 19.3 Å². The average Bonchev–Trinajstić information content (AvgIpc) is 2.63. The van der Waals surface area contributed by atoms with Crippen LogP contribution < -0.4 is 15.4 Å². The second-order valence-corrected chi connectivity index (χ2v) is 6.13. The minimum atomic E-state index is -1.13. The van der Waals surface area contributed by atoms with Gasteiger partial charge in [-0.2, -0.15) is 0 Å². The third-order valence-corrected chi connectivity index (χ3v) is 4.10. The monoisotopic (exact) mass is 363 g/mol. The molecule has 1 aromatic heterocycles. The minimum absolute atomic E-state index is 0.0820. The summed E-state index contributed by atoms with van der Waals surface area (Å²) in [6.07, 6.45) is 5.49. The Balaban J connectivity index is 1.86. The van der Waals surface area contributed by atoms with Gasteiger partial charge in [0.15, 0.2) is 6.10 Å². The highest BCUT2D eigenvalue weighted by molar-refractivity contribution is 5.99. The molecule has 2 rings (SSSR count). The van der Waals surface area contributed by atoms with E-state index >= 15 is 0 Å². The second kappa shape index (κ2) is 9.74. The molecule has 1 aromatic rings. The number of hydrogen-bond acceptors (Lipinski definition) is 6. The van der Waals surface area contributed by atoms with Crippen LogP contribution in [0.2, 0.25) is 0 Å². The first-order valence-corrected chi connectivity index (χ1v) is 8.91. The molecule has 0 radical (unpaired) electrons. The van der Waals surface area contributed by atoms with E-state index in [2.05, 4.69) is 15.6 Å². The molecule has 2 N–H and O–H groups in total. The number of ether oxygens (including phenoxy) is 2. The van der Waals surface area contributed by atoms with Crippen LogP contribution in [0.15, 0.2) is 18.3 Å². The van der Waals surface area contributed by atoms with Crippen LogP contribution in [0.25, 0.3) is 0 Å². The van der Waals surface area contributed by atoms with Crippen LogP contribution in [0.1, 0.15) is 56.3 Å². The fourth-order valence-corrected chi connectivity index (χ4v) is 2.76. The van der Waals surface area contributed by atoms with Gasteiger partial charge in [-0.05, 0) is 38.8 Å². The molecular formula is C18H25N3O5. The maximum absolute atomic E-state index is 12.2. The lowest BCUT2D eigenvalue weighted by molar-refractivity contribution is -0.127. The van der Waals surface area contributed by atoms with Gasteiger partial charge in [0, 0.05) is 12.2 Å². The number of carbonyl (C=O) groups is 3. The maximum atomic E-state index is 12.2. The summed E-state index contributed by atoms with van der Waals surface area (Å²) in [7, 11) is 0. The number of pyridine rings is 1. The summed E-state index contributed by atoms with van der Waals surface area (Å²) in [5.41, 5.74) is 0.126. The number of carbonyl (C=O) groups excluding carboxylic acids is 3. The molecule has 0 saturated heterocycles. The SMILES string of the molecule is CCOc1ncccc1C(=O)O[C@H](C)C(=O)NC(=O)NC1CCCCC1. The van der Waals surface area contributed by atoms with Gasteiger partial charge in [-0.15, -0.1) is 0 Å². The highest BCUT2D eigenvalue weighted by atomic mass is 16.6. The molecule has 1 atom stereocenters. The van der Waals surface area contributed by atoms with Gasteiger partial charge in [0.2, 0.25) is 5.88 Å². The van der Waals surface area contributed by atoms with E-state index in [1.165, 1.54) is 25.6 Å². The van der Waals surface area contributed by atoms with E-state index in [1.54, 1.807) is 13.0 Å². The van der Waals surface area contributed by atoms with E-state index in [0.717, 1.165) is 25.7 Å². The van der Waals surface area contributed by atoms with Crippen LogP contribution in [0.5, 0.6) is 5.88 Å². The zero-order valence-corrected chi connectivity index (χ0v) is 15.1. The Morgan fingerprint density at radius 3 is 2.69 bits per heavy atom. The fraction of sp³-hybridized carbons (Fsp3) is 0.556. The zero-order chi connectivity index (χ0) is 18.9. The highest BCUT2D eigenvalue weighted by Gasteiger charge is 2.24. The third kappa shape index (κ3) is 5.72.